The van der Waals surface area contributed by atoms with Gasteiger partial charge in [0.15, 0.2) is 0 Å². The van der Waals surface area contributed by atoms with Crippen LogP contribution >= 0.6 is 0 Å². The first-order valence-corrected chi connectivity index (χ1v) is 10.8. The lowest BCUT2D eigenvalue weighted by Crippen LogP contribution is -2.41. The number of hydrogen-bond donors (Lipinski definition) is 1. The summed E-state index contributed by atoms with van der Waals surface area (Å²) in [6.45, 7) is 2.84. The molecule has 2 fully saturated rings. The van der Waals surface area contributed by atoms with Crippen molar-refractivity contribution in [2.24, 2.45) is 0 Å². The number of benzene rings is 1. The number of pyridine rings is 1. The van der Waals surface area contributed by atoms with Crippen LogP contribution in [0.3, 0.4) is 0 Å². The number of rotatable bonds is 5. The Morgan fingerprint density at radius 3 is 2.39 bits per heavy atom. The first-order valence-electron chi connectivity index (χ1n) is 10.8. The third-order valence-electron chi connectivity index (χ3n) is 6.30. The Morgan fingerprint density at radius 2 is 1.71 bits per heavy atom. The largest absolute Gasteiger partial charge is 0.331 e. The molecule has 1 saturated carbocycles. The molecule has 4 heteroatoms. The van der Waals surface area contributed by atoms with Crippen LogP contribution in [-0.4, -0.2) is 34.9 Å². The van der Waals surface area contributed by atoms with Gasteiger partial charge >= 0.3 is 0 Å². The first-order chi connectivity index (χ1) is 13.8. The summed E-state index contributed by atoms with van der Waals surface area (Å²) in [5.41, 5.74) is 3.31. The van der Waals surface area contributed by atoms with Crippen molar-refractivity contribution in [2.45, 2.75) is 63.5 Å². The van der Waals surface area contributed by atoms with Gasteiger partial charge in [-0.05, 0) is 73.5 Å². The third kappa shape index (κ3) is 4.61. The van der Waals surface area contributed by atoms with Gasteiger partial charge in [-0.1, -0.05) is 31.4 Å². The Bertz CT molecular complexity index is 747. The Morgan fingerprint density at radius 1 is 0.964 bits per heavy atom. The lowest BCUT2D eigenvalue weighted by Gasteiger charge is -2.34. The van der Waals surface area contributed by atoms with E-state index >= 15 is 0 Å². The number of nitrogens with zero attached hydrogens (tertiary/aromatic N) is 2. The topological polar surface area (TPSA) is 45.2 Å². The van der Waals surface area contributed by atoms with Crippen LogP contribution < -0.4 is 5.32 Å². The van der Waals surface area contributed by atoms with Gasteiger partial charge in [0.05, 0.1) is 0 Å². The van der Waals surface area contributed by atoms with Crippen LogP contribution in [0.25, 0.3) is 0 Å². The molecule has 1 atom stereocenters. The number of piperidine rings is 1. The van der Waals surface area contributed by atoms with Gasteiger partial charge in [-0.2, -0.15) is 0 Å². The van der Waals surface area contributed by atoms with Crippen molar-refractivity contribution in [3.05, 3.63) is 65.5 Å². The van der Waals surface area contributed by atoms with Gasteiger partial charge in [-0.15, -0.1) is 0 Å². The van der Waals surface area contributed by atoms with Crippen molar-refractivity contribution in [1.29, 1.82) is 0 Å². The van der Waals surface area contributed by atoms with Crippen molar-refractivity contribution < 1.29 is 4.79 Å². The first kappa shape index (κ1) is 19.1. The zero-order chi connectivity index (χ0) is 19.2. The van der Waals surface area contributed by atoms with Crippen LogP contribution in [0.1, 0.15) is 72.3 Å². The summed E-state index contributed by atoms with van der Waals surface area (Å²) in [5.74, 6) is 0.737. The van der Waals surface area contributed by atoms with Gasteiger partial charge in [-0.3, -0.25) is 9.78 Å². The standard InChI is InChI=1S/C24H31N3O/c28-24(21-10-8-20(9-11-21)22-5-4-14-26-17-22)27(23-6-2-1-3-7-23)18-19-12-15-25-16-13-19/h8-13,15-16,22-23,26H,1-7,14,17-18H2/t22-/m1/s1. The second-order valence-corrected chi connectivity index (χ2v) is 8.25. The average molecular weight is 378 g/mol. The molecule has 2 heterocycles. The highest BCUT2D eigenvalue weighted by Gasteiger charge is 2.26. The molecule has 0 unspecified atom stereocenters. The van der Waals surface area contributed by atoms with E-state index in [-0.39, 0.29) is 5.91 Å². The second kappa shape index (κ2) is 9.33. The lowest BCUT2D eigenvalue weighted by molar-refractivity contribution is 0.0614. The molecule has 1 aliphatic heterocycles. The summed E-state index contributed by atoms with van der Waals surface area (Å²) in [4.78, 5) is 19.7. The molecule has 0 radical (unpaired) electrons. The summed E-state index contributed by atoms with van der Waals surface area (Å²) < 4.78 is 0. The summed E-state index contributed by atoms with van der Waals surface area (Å²) in [5, 5.41) is 3.48. The highest BCUT2D eigenvalue weighted by molar-refractivity contribution is 5.94. The number of carbonyl (C=O) groups excluding carboxylic acids is 1. The molecule has 4 nitrogen and oxygen atoms in total. The van der Waals surface area contributed by atoms with E-state index in [4.69, 9.17) is 0 Å². The minimum Gasteiger partial charge on any atom is -0.331 e. The monoisotopic (exact) mass is 377 g/mol. The zero-order valence-electron chi connectivity index (χ0n) is 16.6. The average Bonchev–Trinajstić information content (AvgIpc) is 2.79. The van der Waals surface area contributed by atoms with Crippen LogP contribution in [-0.2, 0) is 6.54 Å². The minimum absolute atomic E-state index is 0.164. The number of aromatic nitrogens is 1. The molecule has 1 aliphatic carbocycles. The van der Waals surface area contributed by atoms with E-state index in [9.17, 15) is 4.79 Å². The molecule has 1 amide bonds. The highest BCUT2D eigenvalue weighted by Crippen LogP contribution is 2.27. The summed E-state index contributed by atoms with van der Waals surface area (Å²) >= 11 is 0. The fourth-order valence-corrected chi connectivity index (χ4v) is 4.64. The van der Waals surface area contributed by atoms with Gasteiger partial charge in [0.1, 0.15) is 0 Å². The molecule has 4 rings (SSSR count). The molecular weight excluding hydrogens is 346 g/mol. The second-order valence-electron chi connectivity index (χ2n) is 8.25. The summed E-state index contributed by atoms with van der Waals surface area (Å²) in [6, 6.07) is 12.8. The molecule has 0 spiro atoms. The van der Waals surface area contributed by atoms with Crippen LogP contribution in [0.2, 0.25) is 0 Å². The highest BCUT2D eigenvalue weighted by atomic mass is 16.2. The van der Waals surface area contributed by atoms with Gasteiger partial charge in [0.2, 0.25) is 0 Å². The summed E-state index contributed by atoms with van der Waals surface area (Å²) in [7, 11) is 0. The zero-order valence-corrected chi connectivity index (χ0v) is 16.6. The van der Waals surface area contributed by atoms with Crippen molar-refractivity contribution >= 4 is 5.91 Å². The normalized spacial score (nSPS) is 20.6. The van der Waals surface area contributed by atoms with Crippen molar-refractivity contribution in [3.63, 3.8) is 0 Å². The molecule has 1 N–H and O–H groups in total. The molecule has 1 aromatic heterocycles. The smallest absolute Gasteiger partial charge is 0.254 e. The summed E-state index contributed by atoms with van der Waals surface area (Å²) in [6.07, 6.45) is 12.0. The number of hydrogen-bond acceptors (Lipinski definition) is 3. The van der Waals surface area contributed by atoms with E-state index in [1.807, 2.05) is 36.7 Å². The van der Waals surface area contributed by atoms with Gasteiger partial charge < -0.3 is 10.2 Å². The molecule has 1 aromatic carbocycles. The molecule has 2 aromatic rings. The van der Waals surface area contributed by atoms with E-state index in [2.05, 4.69) is 27.3 Å². The molecule has 148 valence electrons. The molecule has 0 bridgehead atoms. The van der Waals surface area contributed by atoms with E-state index in [1.54, 1.807) is 0 Å². The Kier molecular flexibility index (Phi) is 6.38. The number of carbonyl (C=O) groups is 1. The van der Waals surface area contributed by atoms with Gasteiger partial charge in [0.25, 0.3) is 5.91 Å². The maximum atomic E-state index is 13.4. The molecular formula is C24H31N3O. The van der Waals surface area contributed by atoms with Crippen molar-refractivity contribution in [1.82, 2.24) is 15.2 Å². The predicted octanol–water partition coefficient (Wildman–Crippen LogP) is 4.52. The Labute approximate surface area is 168 Å². The van der Waals surface area contributed by atoms with Crippen molar-refractivity contribution in [3.8, 4) is 0 Å². The maximum Gasteiger partial charge on any atom is 0.254 e. The Hall–Kier alpha value is -2.20. The third-order valence-corrected chi connectivity index (χ3v) is 6.30. The van der Waals surface area contributed by atoms with Crippen LogP contribution in [0, 0.1) is 0 Å². The fourth-order valence-electron chi connectivity index (χ4n) is 4.64. The fraction of sp³-hybridized carbons (Fsp3) is 0.500. The molecule has 28 heavy (non-hydrogen) atoms. The SMILES string of the molecule is O=C(c1ccc([C@@H]2CCCNC2)cc1)N(Cc1ccncc1)C1CCCCC1. The van der Waals surface area contributed by atoms with E-state index in [0.717, 1.165) is 37.1 Å². The van der Waals surface area contributed by atoms with Crippen LogP contribution in [0.5, 0.6) is 0 Å². The lowest BCUT2D eigenvalue weighted by atomic mass is 9.90. The van der Waals surface area contributed by atoms with Gasteiger partial charge in [-0.25, -0.2) is 0 Å². The van der Waals surface area contributed by atoms with Crippen molar-refractivity contribution in [2.75, 3.05) is 13.1 Å². The molecule has 2 aliphatic rings. The maximum absolute atomic E-state index is 13.4. The van der Waals surface area contributed by atoms with Gasteiger partial charge in [0, 0.05) is 37.1 Å². The quantitative estimate of drug-likeness (QED) is 0.833. The van der Waals surface area contributed by atoms with E-state index < -0.39 is 0 Å². The van der Waals surface area contributed by atoms with E-state index in [1.165, 1.54) is 37.7 Å². The van der Waals surface area contributed by atoms with Crippen LogP contribution in [0.15, 0.2) is 48.8 Å². The minimum atomic E-state index is 0.164. The number of amides is 1. The predicted molar refractivity (Wildman–Crippen MR) is 112 cm³/mol. The number of nitrogens with one attached hydrogen (secondary N) is 1. The van der Waals surface area contributed by atoms with Crippen LogP contribution in [0.4, 0.5) is 0 Å². The molecule has 1 saturated heterocycles. The Balaban J connectivity index is 1.52. The van der Waals surface area contributed by atoms with E-state index in [0.29, 0.717) is 18.5 Å².